The maximum absolute atomic E-state index is 12.9. The zero-order valence-corrected chi connectivity index (χ0v) is 32.1. The zero-order chi connectivity index (χ0) is 37.9. The van der Waals surface area contributed by atoms with Crippen molar-refractivity contribution in [1.29, 1.82) is 0 Å². The number of hydrogen-bond acceptors (Lipinski definition) is 10. The summed E-state index contributed by atoms with van der Waals surface area (Å²) in [6.07, 6.45) is 8.20. The lowest BCUT2D eigenvalue weighted by molar-refractivity contribution is -0.961. The summed E-state index contributed by atoms with van der Waals surface area (Å²) in [4.78, 5) is 48.8. The normalized spacial score (nSPS) is 29.9. The Kier molecular flexibility index (Phi) is 11.7. The quantitative estimate of drug-likeness (QED) is 0.134. The monoisotopic (exact) mass is 736 g/mol. The molecular weight excluding hydrogens is 680 g/mol. The molecule has 4 aliphatic rings. The highest BCUT2D eigenvalue weighted by Crippen LogP contribution is 2.46. The molecule has 0 aromatic heterocycles. The number of esters is 4. The van der Waals surface area contributed by atoms with E-state index < -0.39 is 0 Å². The smallest absolute Gasteiger partial charge is 0.308 e. The van der Waals surface area contributed by atoms with E-state index in [9.17, 15) is 19.2 Å². The number of rotatable bonds is 14. The van der Waals surface area contributed by atoms with Crippen LogP contribution in [0.5, 0.6) is 23.0 Å². The molecule has 0 radical (unpaired) electrons. The molecule has 12 heteroatoms. The van der Waals surface area contributed by atoms with Crippen molar-refractivity contribution in [3.05, 3.63) is 47.5 Å². The molecule has 2 aromatic carbocycles. The number of methoxy groups -OCH3 is 2. The first-order valence-electron chi connectivity index (χ1n) is 19.1. The Morgan fingerprint density at radius 2 is 0.943 bits per heavy atom. The molecule has 4 fully saturated rings. The summed E-state index contributed by atoms with van der Waals surface area (Å²) in [5.74, 6) is 0.640. The summed E-state index contributed by atoms with van der Waals surface area (Å²) < 4.78 is 35.3. The van der Waals surface area contributed by atoms with E-state index in [0.29, 0.717) is 53.6 Å². The van der Waals surface area contributed by atoms with Gasteiger partial charge in [0.1, 0.15) is 25.3 Å². The van der Waals surface area contributed by atoms with Crippen LogP contribution in [0.1, 0.15) is 95.6 Å². The largest absolute Gasteiger partial charge is 0.493 e. The summed E-state index contributed by atoms with van der Waals surface area (Å²) in [6, 6.07) is 13.0. The van der Waals surface area contributed by atoms with E-state index in [0.717, 1.165) is 84.5 Å². The first-order chi connectivity index (χ1) is 25.3. The van der Waals surface area contributed by atoms with Gasteiger partial charge in [-0.25, -0.2) is 0 Å². The molecule has 4 bridgehead atoms. The molecule has 4 unspecified atom stereocenters. The van der Waals surface area contributed by atoms with Gasteiger partial charge in [-0.3, -0.25) is 19.2 Å². The predicted molar refractivity (Wildman–Crippen MR) is 194 cm³/mol. The third kappa shape index (κ3) is 8.64. The van der Waals surface area contributed by atoms with Crippen LogP contribution in [0.4, 0.5) is 0 Å². The first-order valence-corrected chi connectivity index (χ1v) is 19.1. The average Bonchev–Trinajstić information content (AvgIpc) is 3.33. The van der Waals surface area contributed by atoms with Gasteiger partial charge in [0.2, 0.25) is 0 Å². The van der Waals surface area contributed by atoms with Crippen LogP contribution in [0.2, 0.25) is 0 Å². The maximum atomic E-state index is 12.9. The van der Waals surface area contributed by atoms with Crippen molar-refractivity contribution in [2.24, 2.45) is 0 Å². The third-order valence-electron chi connectivity index (χ3n) is 12.5. The number of nitrogens with zero attached hydrogens (tertiary/aromatic N) is 2. The summed E-state index contributed by atoms with van der Waals surface area (Å²) in [5.41, 5.74) is 2.22. The van der Waals surface area contributed by atoms with E-state index in [-0.39, 0.29) is 48.9 Å². The zero-order valence-electron chi connectivity index (χ0n) is 32.1. The third-order valence-corrected chi connectivity index (χ3v) is 12.5. The predicted octanol–water partition coefficient (Wildman–Crippen LogP) is 5.79. The highest BCUT2D eigenvalue weighted by molar-refractivity contribution is 5.73. The second kappa shape index (κ2) is 16.1. The van der Waals surface area contributed by atoms with Crippen LogP contribution in [0, 0.1) is 0 Å². The van der Waals surface area contributed by atoms with Crippen LogP contribution in [0.15, 0.2) is 36.4 Å². The van der Waals surface area contributed by atoms with Gasteiger partial charge >= 0.3 is 23.9 Å². The topological polar surface area (TPSA) is 124 Å². The highest BCUT2D eigenvalue weighted by atomic mass is 16.6. The molecule has 6 rings (SSSR count). The van der Waals surface area contributed by atoms with E-state index in [1.165, 1.54) is 13.8 Å². The number of carbonyl (C=O) groups excluding carboxylic acids is 4. The molecule has 0 aliphatic carbocycles. The molecule has 0 N–H and O–H groups in total. The number of quaternary nitrogens is 2. The van der Waals surface area contributed by atoms with Gasteiger partial charge in [-0.2, -0.15) is 0 Å². The number of hydrogen-bond donors (Lipinski definition) is 0. The average molecular weight is 737 g/mol. The van der Waals surface area contributed by atoms with Gasteiger partial charge < -0.3 is 37.4 Å². The van der Waals surface area contributed by atoms with E-state index in [1.54, 1.807) is 26.4 Å². The van der Waals surface area contributed by atoms with Crippen molar-refractivity contribution in [1.82, 2.24) is 0 Å². The van der Waals surface area contributed by atoms with Crippen molar-refractivity contribution in [2.75, 3.05) is 28.3 Å². The number of benzene rings is 2. The molecule has 4 aliphatic heterocycles. The SMILES string of the molecule is COc1cc(C[N+]2(C)[C@@H]3CC[C@H]2CC(OC(=O)CCCC(=O)OC2C[C@H]4CC[C@@H](C2)[N+]4(C)Cc2ccc(OC(C)=O)c(OC)c2)C3)ccc1OC(C)=O. The molecule has 0 spiro atoms. The van der Waals surface area contributed by atoms with E-state index in [2.05, 4.69) is 14.1 Å². The van der Waals surface area contributed by atoms with Gasteiger partial charge in [0, 0.05) is 89.2 Å². The van der Waals surface area contributed by atoms with Crippen LogP contribution in [0.25, 0.3) is 0 Å². The Hall–Kier alpha value is -4.16. The standard InChI is InChI=1S/C41H56N2O10/c1-26(44)50-36-16-10-28(18-38(36)48-5)24-42(3)30-12-13-31(42)21-34(20-30)52-40(46)8-7-9-41(47)53-35-22-32-14-15-33(23-35)43(32,4)25-29-11-17-37(51-27(2)45)39(19-29)49-6/h10-11,16-19,30-35H,7-9,12-15,20-25H2,1-6H3/q+2/t30-,31+,32-,33+,34?,35?,42?,43?. The Labute approximate surface area is 312 Å². The molecule has 0 amide bonds. The highest BCUT2D eigenvalue weighted by Gasteiger charge is 2.53. The number of carbonyl (C=O) groups is 4. The van der Waals surface area contributed by atoms with Gasteiger partial charge in [-0.15, -0.1) is 0 Å². The molecule has 4 heterocycles. The minimum atomic E-state index is -0.388. The van der Waals surface area contributed by atoms with Gasteiger partial charge in [0.05, 0.1) is 52.5 Å². The van der Waals surface area contributed by atoms with Crippen LogP contribution >= 0.6 is 0 Å². The summed E-state index contributed by atoms with van der Waals surface area (Å²) >= 11 is 0. The van der Waals surface area contributed by atoms with Crippen LogP contribution in [-0.2, 0) is 41.7 Å². The fourth-order valence-electron chi connectivity index (χ4n) is 9.85. The summed E-state index contributed by atoms with van der Waals surface area (Å²) in [6.45, 7) is 4.38. The van der Waals surface area contributed by atoms with Gasteiger partial charge in [-0.05, 0) is 42.8 Å². The lowest BCUT2D eigenvalue weighted by Gasteiger charge is -2.47. The van der Waals surface area contributed by atoms with Crippen LogP contribution < -0.4 is 18.9 Å². The Balaban J connectivity index is 0.931. The summed E-state index contributed by atoms with van der Waals surface area (Å²) in [5, 5.41) is 0. The first kappa shape index (κ1) is 38.6. The molecule has 8 atom stereocenters. The molecule has 12 nitrogen and oxygen atoms in total. The van der Waals surface area contributed by atoms with E-state index in [4.69, 9.17) is 28.4 Å². The maximum Gasteiger partial charge on any atom is 0.308 e. The van der Waals surface area contributed by atoms with Gasteiger partial charge in [0.25, 0.3) is 0 Å². The number of piperidine rings is 2. The van der Waals surface area contributed by atoms with Crippen LogP contribution in [0.3, 0.4) is 0 Å². The molecule has 4 saturated heterocycles. The lowest BCUT2D eigenvalue weighted by Crippen LogP contribution is -2.58. The minimum absolute atomic E-state index is 0.114. The van der Waals surface area contributed by atoms with E-state index in [1.807, 2.05) is 24.3 Å². The fourth-order valence-corrected chi connectivity index (χ4v) is 9.85. The Bertz CT molecular complexity index is 1540. The second-order valence-corrected chi connectivity index (χ2v) is 16.0. The van der Waals surface area contributed by atoms with Crippen molar-refractivity contribution < 1.29 is 56.6 Å². The number of ether oxygens (including phenoxy) is 6. The van der Waals surface area contributed by atoms with Crippen molar-refractivity contribution in [2.45, 2.75) is 134 Å². The summed E-state index contributed by atoms with van der Waals surface area (Å²) in [7, 11) is 7.73. The minimum Gasteiger partial charge on any atom is -0.493 e. The van der Waals surface area contributed by atoms with Crippen molar-refractivity contribution in [3.63, 3.8) is 0 Å². The van der Waals surface area contributed by atoms with Crippen molar-refractivity contribution in [3.8, 4) is 23.0 Å². The van der Waals surface area contributed by atoms with Crippen molar-refractivity contribution >= 4 is 23.9 Å². The fraction of sp³-hybridized carbons (Fsp3) is 0.610. The molecule has 0 saturated carbocycles. The lowest BCUT2D eigenvalue weighted by atomic mass is 9.95. The molecule has 288 valence electrons. The molecule has 53 heavy (non-hydrogen) atoms. The Morgan fingerprint density at radius 3 is 1.26 bits per heavy atom. The number of fused-ring (bicyclic) bond motifs is 4. The molecular formula is C41H56N2O10+2. The second-order valence-electron chi connectivity index (χ2n) is 16.0. The Morgan fingerprint density at radius 1 is 0.585 bits per heavy atom. The van der Waals surface area contributed by atoms with Gasteiger partial charge in [0.15, 0.2) is 23.0 Å². The van der Waals surface area contributed by atoms with E-state index >= 15 is 0 Å². The van der Waals surface area contributed by atoms with Crippen LogP contribution in [-0.4, -0.2) is 97.5 Å². The molecule has 2 aromatic rings. The van der Waals surface area contributed by atoms with Gasteiger partial charge in [-0.1, -0.05) is 0 Å².